The molecule has 5 nitrogen and oxygen atoms in total. The van der Waals surface area contributed by atoms with Gasteiger partial charge in [-0.15, -0.1) is 0 Å². The summed E-state index contributed by atoms with van der Waals surface area (Å²) in [6.45, 7) is 16.9. The molecule has 5 aliphatic carbocycles. The Balaban J connectivity index is 1.52. The van der Waals surface area contributed by atoms with E-state index in [1.54, 1.807) is 0 Å². The average Bonchev–Trinajstić information content (AvgIpc) is 3.36. The van der Waals surface area contributed by atoms with E-state index in [4.69, 9.17) is 13.9 Å². The molecular weight excluding hydrogens is 480 g/mol. The average molecular weight is 533 g/mol. The smallest absolute Gasteiger partial charge is 0.305 e. The number of ketones is 1. The lowest BCUT2D eigenvalue weighted by molar-refractivity contribution is -0.170. The summed E-state index contributed by atoms with van der Waals surface area (Å²) in [5, 5.41) is 0.114. The highest BCUT2D eigenvalue weighted by Gasteiger charge is 2.78. The molecule has 0 aliphatic heterocycles. The molecule has 0 heterocycles. The van der Waals surface area contributed by atoms with Crippen LogP contribution < -0.4 is 0 Å². The van der Waals surface area contributed by atoms with Crippen molar-refractivity contribution in [1.29, 1.82) is 0 Å². The molecule has 0 aromatic carbocycles. The molecule has 0 unspecified atom stereocenters. The maximum Gasteiger partial charge on any atom is 0.305 e. The lowest BCUT2D eigenvalue weighted by Gasteiger charge is -2.61. The van der Waals surface area contributed by atoms with Crippen LogP contribution in [0.5, 0.6) is 0 Å². The highest BCUT2D eigenvalue weighted by molar-refractivity contribution is 6.74. The van der Waals surface area contributed by atoms with Crippen LogP contribution in [0, 0.1) is 51.8 Å². The van der Waals surface area contributed by atoms with E-state index in [1.165, 1.54) is 32.8 Å². The second-order valence-corrected chi connectivity index (χ2v) is 20.3. The van der Waals surface area contributed by atoms with Crippen molar-refractivity contribution in [2.75, 3.05) is 20.8 Å². The number of esters is 1. The first-order valence-electron chi connectivity index (χ1n) is 14.9. The van der Waals surface area contributed by atoms with E-state index >= 15 is 0 Å². The number of fused-ring (bicyclic) bond motifs is 4. The number of ether oxygens (including phenoxy) is 2. The Morgan fingerprint density at radius 2 is 1.84 bits per heavy atom. The van der Waals surface area contributed by atoms with Crippen LogP contribution in [0.2, 0.25) is 18.1 Å². The number of hydrogen-bond donors (Lipinski definition) is 0. The van der Waals surface area contributed by atoms with Gasteiger partial charge in [-0.25, -0.2) is 0 Å². The third kappa shape index (κ3) is 3.81. The zero-order valence-corrected chi connectivity index (χ0v) is 25.9. The maximum atomic E-state index is 14.0. The fourth-order valence-corrected chi connectivity index (χ4v) is 11.4. The van der Waals surface area contributed by atoms with Crippen LogP contribution in [0.4, 0.5) is 0 Å². The predicted octanol–water partition coefficient (Wildman–Crippen LogP) is 6.65. The molecule has 5 saturated carbocycles. The zero-order chi connectivity index (χ0) is 27.2. The van der Waals surface area contributed by atoms with Gasteiger partial charge in [0.1, 0.15) is 5.78 Å². The van der Waals surface area contributed by atoms with Gasteiger partial charge in [-0.05, 0) is 91.7 Å². The molecule has 37 heavy (non-hydrogen) atoms. The molecule has 210 valence electrons. The van der Waals surface area contributed by atoms with Crippen molar-refractivity contribution < 1.29 is 23.5 Å². The third-order valence-electron chi connectivity index (χ3n) is 13.3. The summed E-state index contributed by atoms with van der Waals surface area (Å²) < 4.78 is 18.4. The molecule has 1 spiro atoms. The first kappa shape index (κ1) is 27.8. The van der Waals surface area contributed by atoms with Crippen molar-refractivity contribution >= 4 is 20.1 Å². The minimum atomic E-state index is -2.01. The van der Waals surface area contributed by atoms with E-state index in [1.807, 2.05) is 7.11 Å². The molecule has 10 atom stereocenters. The minimum absolute atomic E-state index is 0.0347. The van der Waals surface area contributed by atoms with Crippen LogP contribution in [0.25, 0.3) is 0 Å². The van der Waals surface area contributed by atoms with Crippen LogP contribution in [-0.2, 0) is 23.5 Å². The number of methoxy groups -OCH3 is 2. The van der Waals surface area contributed by atoms with Crippen LogP contribution >= 0.6 is 0 Å². The fraction of sp³-hybridized carbons (Fsp3) is 0.935. The molecule has 5 rings (SSSR count). The summed E-state index contributed by atoms with van der Waals surface area (Å²) in [5.74, 6) is 2.30. The molecule has 0 aromatic rings. The van der Waals surface area contributed by atoms with Gasteiger partial charge in [0, 0.05) is 43.3 Å². The topological polar surface area (TPSA) is 61.8 Å². The van der Waals surface area contributed by atoms with E-state index in [0.717, 1.165) is 18.8 Å². The Morgan fingerprint density at radius 1 is 1.14 bits per heavy atom. The van der Waals surface area contributed by atoms with E-state index in [0.29, 0.717) is 59.9 Å². The van der Waals surface area contributed by atoms with E-state index in [9.17, 15) is 9.59 Å². The quantitative estimate of drug-likeness (QED) is 0.271. The first-order chi connectivity index (χ1) is 17.2. The summed E-state index contributed by atoms with van der Waals surface area (Å²) >= 11 is 0. The summed E-state index contributed by atoms with van der Waals surface area (Å²) in [4.78, 5) is 26.3. The van der Waals surface area contributed by atoms with Gasteiger partial charge in [0.05, 0.1) is 13.2 Å². The highest BCUT2D eigenvalue weighted by Crippen LogP contribution is 2.82. The summed E-state index contributed by atoms with van der Waals surface area (Å²) in [7, 11) is 1.36. The van der Waals surface area contributed by atoms with Crippen molar-refractivity contribution in [3.05, 3.63) is 0 Å². The van der Waals surface area contributed by atoms with Crippen molar-refractivity contribution in [3.63, 3.8) is 0 Å². The molecule has 0 aromatic heterocycles. The highest BCUT2D eigenvalue weighted by atomic mass is 28.4. The lowest BCUT2D eigenvalue weighted by atomic mass is 9.45. The zero-order valence-electron chi connectivity index (χ0n) is 24.9. The Labute approximate surface area is 226 Å². The van der Waals surface area contributed by atoms with Gasteiger partial charge in [0.2, 0.25) is 0 Å². The molecule has 0 N–H and O–H groups in total. The predicted molar refractivity (Wildman–Crippen MR) is 147 cm³/mol. The van der Waals surface area contributed by atoms with Gasteiger partial charge in [-0.1, -0.05) is 34.6 Å². The molecule has 6 heteroatoms. The van der Waals surface area contributed by atoms with Gasteiger partial charge < -0.3 is 13.9 Å². The SMILES string of the molecule is COC(=O)C[C@@H](C)[C@H]1C(=O)C[C@H]2[C@@H]3C[C@@H](OC)[C@]45C[C@H]4CC[C@]5(C)[C@H]3CC[C@]12CO[Si](C)(C)C(C)(C)C. The maximum absolute atomic E-state index is 14.0. The molecule has 0 amide bonds. The monoisotopic (exact) mass is 532 g/mol. The standard InChI is InChI=1S/C31H52O5Si/c1-19(14-26(33)35-7)27-24(32)16-23-21-15-25(34-6)31-17-20(31)10-12-29(31,5)22(21)11-13-30(23,27)18-36-37(8,9)28(2,3)4/h19-23,25,27H,10-18H2,1-9H3/t19-,20-,21-,22+,23+,25-,27+,29-,30-,31+/m1/s1. The molecule has 0 saturated heterocycles. The Kier molecular flexibility index (Phi) is 6.69. The van der Waals surface area contributed by atoms with Gasteiger partial charge in [0.25, 0.3) is 0 Å². The van der Waals surface area contributed by atoms with Crippen LogP contribution in [0.1, 0.15) is 86.0 Å². The number of carbonyl (C=O) groups excluding carboxylic acids is 2. The number of carbonyl (C=O) groups is 2. The summed E-state index contributed by atoms with van der Waals surface area (Å²) in [5.41, 5.74) is 0.509. The largest absolute Gasteiger partial charge is 0.469 e. The molecule has 5 aliphatic rings. The van der Waals surface area contributed by atoms with Gasteiger partial charge in [-0.3, -0.25) is 9.59 Å². The van der Waals surface area contributed by atoms with E-state index in [-0.39, 0.29) is 28.3 Å². The fourth-order valence-electron chi connectivity index (χ4n) is 10.4. The van der Waals surface area contributed by atoms with Gasteiger partial charge >= 0.3 is 5.97 Å². The number of rotatable bonds is 7. The molecule has 0 bridgehead atoms. The Morgan fingerprint density at radius 3 is 2.43 bits per heavy atom. The van der Waals surface area contributed by atoms with E-state index < -0.39 is 8.32 Å². The molecule has 0 radical (unpaired) electrons. The van der Waals surface area contributed by atoms with Crippen molar-refractivity contribution in [3.8, 4) is 0 Å². The third-order valence-corrected chi connectivity index (χ3v) is 17.7. The van der Waals surface area contributed by atoms with Gasteiger partial charge in [0.15, 0.2) is 8.32 Å². The van der Waals surface area contributed by atoms with Crippen molar-refractivity contribution in [2.24, 2.45) is 51.8 Å². The van der Waals surface area contributed by atoms with Crippen LogP contribution in [0.3, 0.4) is 0 Å². The summed E-state index contributed by atoms with van der Waals surface area (Å²) in [6.07, 6.45) is 8.57. The Hall–Kier alpha value is -0.723. The molecule has 5 fully saturated rings. The van der Waals surface area contributed by atoms with Crippen molar-refractivity contribution in [2.45, 2.75) is 110 Å². The molecular formula is C31H52O5Si. The Bertz CT molecular complexity index is 940. The number of Topliss-reactive ketones (excluding diaryl/α,β-unsaturated/α-hetero) is 1. The minimum Gasteiger partial charge on any atom is -0.469 e. The second-order valence-electron chi connectivity index (χ2n) is 15.5. The first-order valence-corrected chi connectivity index (χ1v) is 17.9. The van der Waals surface area contributed by atoms with E-state index in [2.05, 4.69) is 47.7 Å². The lowest BCUT2D eigenvalue weighted by Crippen LogP contribution is -2.59. The normalized spacial score (nSPS) is 45.5. The second kappa shape index (κ2) is 8.89. The van der Waals surface area contributed by atoms with Crippen LogP contribution in [-0.4, -0.2) is 47.0 Å². The van der Waals surface area contributed by atoms with Crippen molar-refractivity contribution in [1.82, 2.24) is 0 Å². The van der Waals surface area contributed by atoms with Gasteiger partial charge in [-0.2, -0.15) is 0 Å². The van der Waals surface area contributed by atoms with Crippen LogP contribution in [0.15, 0.2) is 0 Å². The summed E-state index contributed by atoms with van der Waals surface area (Å²) in [6, 6.07) is 0. The number of hydrogen-bond acceptors (Lipinski definition) is 5.